The van der Waals surface area contributed by atoms with Gasteiger partial charge in [-0.05, 0) is 14.1 Å². The molecule has 0 aliphatic heterocycles. The number of halogens is 2. The third-order valence-corrected chi connectivity index (χ3v) is 2.84. The Bertz CT molecular complexity index is 362. The van der Waals surface area contributed by atoms with Crippen molar-refractivity contribution in [2.24, 2.45) is 5.92 Å². The Labute approximate surface area is 154 Å². The van der Waals surface area contributed by atoms with E-state index in [1.165, 1.54) is 16.7 Å². The summed E-state index contributed by atoms with van der Waals surface area (Å²) >= 11 is 0. The van der Waals surface area contributed by atoms with Gasteiger partial charge in [-0.1, -0.05) is 26.7 Å². The second kappa shape index (κ2) is 17.8. The van der Waals surface area contributed by atoms with Gasteiger partial charge in [0, 0.05) is 0 Å². The smallest absolute Gasteiger partial charge is 0.323 e. The Morgan fingerprint density at radius 3 is 1.48 bits per heavy atom. The fraction of sp³-hybridized carbons (Fsp3) is 0.412. The maximum absolute atomic E-state index is 3.36. The molecule has 1 aliphatic rings. The molecule has 1 aliphatic carbocycles. The summed E-state index contributed by atoms with van der Waals surface area (Å²) in [7, 11) is 3.75. The van der Waals surface area contributed by atoms with Gasteiger partial charge in [-0.3, -0.25) is 6.08 Å². The van der Waals surface area contributed by atoms with E-state index in [9.17, 15) is 0 Å². The molecule has 120 valence electrons. The summed E-state index contributed by atoms with van der Waals surface area (Å²) in [5, 5.41) is 2.75. The second-order valence-corrected chi connectivity index (χ2v) is 4.38. The summed E-state index contributed by atoms with van der Waals surface area (Å²) < 4.78 is 0. The minimum Gasteiger partial charge on any atom is -0.323 e. The number of nitrogens with one attached hydrogen (secondary N) is 1. The first kappa shape index (κ1) is 28.9. The van der Waals surface area contributed by atoms with E-state index in [0.29, 0.717) is 5.92 Å². The van der Waals surface area contributed by atoms with Crippen molar-refractivity contribution < 1.29 is 17.4 Å². The largest absolute Gasteiger partial charge is 2.00 e. The number of rotatable bonds is 0. The van der Waals surface area contributed by atoms with Crippen LogP contribution in [0.2, 0.25) is 0 Å². The third-order valence-electron chi connectivity index (χ3n) is 2.84. The summed E-state index contributed by atoms with van der Waals surface area (Å²) in [4.78, 5) is 0. The average molecular weight is 368 g/mol. The molecule has 0 radical (unpaired) electrons. The molecule has 2 rings (SSSR count). The quantitative estimate of drug-likeness (QED) is 0.644. The van der Waals surface area contributed by atoms with Gasteiger partial charge in [0.25, 0.3) is 0 Å². The first-order chi connectivity index (χ1) is 8.54. The summed E-state index contributed by atoms with van der Waals surface area (Å²) in [6.45, 7) is 8.67. The zero-order valence-electron chi connectivity index (χ0n) is 13.7. The van der Waals surface area contributed by atoms with Crippen molar-refractivity contribution in [1.82, 2.24) is 5.32 Å². The molecule has 1 aromatic rings. The number of benzene rings is 1. The van der Waals surface area contributed by atoms with Crippen LogP contribution in [0.15, 0.2) is 47.1 Å². The molecule has 0 amide bonds. The van der Waals surface area contributed by atoms with Crippen LogP contribution in [0.5, 0.6) is 0 Å². The SMILES string of the molecule is CC1=[C-]C(C)C(C)=C1C.CNC.Cl.Cl.[Cr+2].[c-]1ccccc1. The zero-order valence-corrected chi connectivity index (χ0v) is 16.6. The topological polar surface area (TPSA) is 12.0 Å². The van der Waals surface area contributed by atoms with Crippen molar-refractivity contribution in [2.45, 2.75) is 27.7 Å². The summed E-state index contributed by atoms with van der Waals surface area (Å²) in [6, 6.07) is 12.5. The van der Waals surface area contributed by atoms with E-state index < -0.39 is 0 Å². The van der Waals surface area contributed by atoms with E-state index in [-0.39, 0.29) is 42.2 Å². The molecule has 1 N–H and O–H groups in total. The van der Waals surface area contributed by atoms with E-state index >= 15 is 0 Å². The van der Waals surface area contributed by atoms with Gasteiger partial charge in [0.1, 0.15) is 0 Å². The van der Waals surface area contributed by atoms with Gasteiger partial charge in [0.05, 0.1) is 0 Å². The van der Waals surface area contributed by atoms with Crippen LogP contribution in [-0.4, -0.2) is 14.1 Å². The monoisotopic (exact) mass is 367 g/mol. The molecule has 0 heterocycles. The molecular formula is C17H27Cl2CrN. The number of hydrogen-bond acceptors (Lipinski definition) is 1. The molecule has 0 aromatic heterocycles. The Morgan fingerprint density at radius 1 is 0.952 bits per heavy atom. The Morgan fingerprint density at radius 2 is 1.38 bits per heavy atom. The van der Waals surface area contributed by atoms with Gasteiger partial charge in [0.15, 0.2) is 0 Å². The minimum absolute atomic E-state index is 0. The first-order valence-electron chi connectivity index (χ1n) is 6.32. The molecule has 4 heteroatoms. The van der Waals surface area contributed by atoms with Gasteiger partial charge in [-0.15, -0.1) is 31.7 Å². The van der Waals surface area contributed by atoms with E-state index in [1.54, 1.807) is 0 Å². The summed E-state index contributed by atoms with van der Waals surface area (Å²) in [5.41, 5.74) is 4.25. The zero-order chi connectivity index (χ0) is 14.0. The summed E-state index contributed by atoms with van der Waals surface area (Å²) in [6.07, 6.45) is 3.36. The minimum atomic E-state index is 0. The van der Waals surface area contributed by atoms with Gasteiger partial charge in [-0.2, -0.15) is 47.5 Å². The molecule has 1 aromatic carbocycles. The van der Waals surface area contributed by atoms with Gasteiger partial charge >= 0.3 is 17.4 Å². The van der Waals surface area contributed by atoms with Crippen molar-refractivity contribution in [3.05, 3.63) is 59.2 Å². The van der Waals surface area contributed by atoms with Crippen molar-refractivity contribution >= 4 is 24.8 Å². The average Bonchev–Trinajstić information content (AvgIpc) is 2.60. The molecule has 0 fully saturated rings. The maximum Gasteiger partial charge on any atom is 2.00 e. The predicted octanol–water partition coefficient (Wildman–Crippen LogP) is 4.89. The number of hydrogen-bond donors (Lipinski definition) is 1. The molecule has 0 saturated heterocycles. The standard InChI is InChI=1S/C9H13.C6H5.C2H7N.2ClH.Cr/c1-6-5-7(2)9(4)8(6)3;1-2-4-6-5-3-1;1-3-2;;;/h6H,1-4H3;1-5H;3H,1-2H3;2*1H;/q2*-1;;;;+2. The molecule has 0 saturated carbocycles. The van der Waals surface area contributed by atoms with E-state index in [0.717, 1.165) is 0 Å². The molecule has 1 nitrogen and oxygen atoms in total. The van der Waals surface area contributed by atoms with Crippen LogP contribution < -0.4 is 5.32 Å². The van der Waals surface area contributed by atoms with Crippen molar-refractivity contribution in [1.29, 1.82) is 0 Å². The Hall–Kier alpha value is -0.228. The van der Waals surface area contributed by atoms with E-state index in [4.69, 9.17) is 0 Å². The Kier molecular flexibility index (Phi) is 24.5. The van der Waals surface area contributed by atoms with Crippen LogP contribution in [-0.2, 0) is 17.4 Å². The normalized spacial score (nSPS) is 14.8. The predicted molar refractivity (Wildman–Crippen MR) is 94.7 cm³/mol. The van der Waals surface area contributed by atoms with Crippen LogP contribution in [0.25, 0.3) is 0 Å². The molecular weight excluding hydrogens is 341 g/mol. The van der Waals surface area contributed by atoms with Gasteiger partial charge in [0.2, 0.25) is 0 Å². The molecule has 0 bridgehead atoms. The van der Waals surface area contributed by atoms with Gasteiger partial charge in [-0.25, -0.2) is 5.57 Å². The first-order valence-corrected chi connectivity index (χ1v) is 6.32. The van der Waals surface area contributed by atoms with E-state index in [2.05, 4.69) is 45.2 Å². The summed E-state index contributed by atoms with van der Waals surface area (Å²) in [5.74, 6) is 0.560. The third kappa shape index (κ3) is 13.2. The molecule has 1 atom stereocenters. The van der Waals surface area contributed by atoms with Crippen molar-refractivity contribution in [3.8, 4) is 0 Å². The Balaban J connectivity index is -0.000000107. The van der Waals surface area contributed by atoms with Crippen LogP contribution in [0.1, 0.15) is 27.7 Å². The van der Waals surface area contributed by atoms with Crippen molar-refractivity contribution in [2.75, 3.05) is 14.1 Å². The maximum atomic E-state index is 3.36. The molecule has 0 spiro atoms. The fourth-order valence-electron chi connectivity index (χ4n) is 1.50. The van der Waals surface area contributed by atoms with Crippen LogP contribution in [0, 0.1) is 18.1 Å². The van der Waals surface area contributed by atoms with Crippen LogP contribution in [0.3, 0.4) is 0 Å². The van der Waals surface area contributed by atoms with Crippen molar-refractivity contribution in [3.63, 3.8) is 0 Å². The fourth-order valence-corrected chi connectivity index (χ4v) is 1.50. The number of allylic oxidation sites excluding steroid dienone is 4. The van der Waals surface area contributed by atoms with Crippen LogP contribution >= 0.6 is 24.8 Å². The van der Waals surface area contributed by atoms with Gasteiger partial charge < -0.3 is 5.32 Å². The molecule has 1 unspecified atom stereocenters. The van der Waals surface area contributed by atoms with Crippen LogP contribution in [0.4, 0.5) is 0 Å². The second-order valence-electron chi connectivity index (χ2n) is 4.38. The molecule has 21 heavy (non-hydrogen) atoms. The van der Waals surface area contributed by atoms with E-state index in [1.807, 2.05) is 44.4 Å².